The van der Waals surface area contributed by atoms with Gasteiger partial charge in [-0.1, -0.05) is 13.8 Å². The van der Waals surface area contributed by atoms with Gasteiger partial charge in [-0.3, -0.25) is 4.79 Å². The van der Waals surface area contributed by atoms with Gasteiger partial charge in [-0.25, -0.2) is 4.98 Å². The Labute approximate surface area is 74.6 Å². The van der Waals surface area contributed by atoms with Gasteiger partial charge in [-0.05, 0) is 5.92 Å². The highest BCUT2D eigenvalue weighted by Crippen LogP contribution is 2.19. The summed E-state index contributed by atoms with van der Waals surface area (Å²) in [5.74, 6) is 0.139. The van der Waals surface area contributed by atoms with Crippen molar-refractivity contribution < 1.29 is 4.42 Å². The van der Waals surface area contributed by atoms with E-state index >= 15 is 0 Å². The molecule has 0 unspecified atom stereocenters. The first-order valence-electron chi connectivity index (χ1n) is 4.15. The van der Waals surface area contributed by atoms with Crippen molar-refractivity contribution in [3.05, 3.63) is 28.5 Å². The molecular weight excluding hydrogens is 168 g/mol. The molecule has 0 radical (unpaired) electrons. The molecule has 0 saturated carbocycles. The van der Waals surface area contributed by atoms with Crippen LogP contribution in [0.1, 0.15) is 25.3 Å². The summed E-state index contributed by atoms with van der Waals surface area (Å²) in [7, 11) is 0. The van der Waals surface area contributed by atoms with E-state index in [9.17, 15) is 4.79 Å². The highest BCUT2D eigenvalue weighted by Gasteiger charge is 2.12. The highest BCUT2D eigenvalue weighted by molar-refractivity contribution is 5.74. The molecule has 4 nitrogen and oxygen atoms in total. The molecule has 0 bridgehead atoms. The van der Waals surface area contributed by atoms with Crippen molar-refractivity contribution in [2.45, 2.75) is 19.8 Å². The first kappa shape index (κ1) is 8.04. The number of H-pyrrole nitrogens is 1. The van der Waals surface area contributed by atoms with Gasteiger partial charge in [0, 0.05) is 6.20 Å². The van der Waals surface area contributed by atoms with E-state index in [4.69, 9.17) is 4.42 Å². The lowest BCUT2D eigenvalue weighted by molar-refractivity contribution is 0.593. The van der Waals surface area contributed by atoms with Crippen LogP contribution in [0.3, 0.4) is 0 Å². The Balaban J connectivity index is 2.89. The summed E-state index contributed by atoms with van der Waals surface area (Å²) in [4.78, 5) is 18.0. The number of nitrogens with one attached hydrogen (secondary N) is 1. The van der Waals surface area contributed by atoms with Gasteiger partial charge in [0.05, 0.1) is 5.56 Å². The Morgan fingerprint density at radius 3 is 3.00 bits per heavy atom. The maximum Gasteiger partial charge on any atom is 0.255 e. The van der Waals surface area contributed by atoms with Crippen molar-refractivity contribution in [2.24, 2.45) is 0 Å². The average molecular weight is 178 g/mol. The van der Waals surface area contributed by atoms with Gasteiger partial charge >= 0.3 is 0 Å². The third-order valence-electron chi connectivity index (χ3n) is 2.00. The fourth-order valence-corrected chi connectivity index (χ4v) is 1.40. The SMILES string of the molecule is CC(C)c1c(=O)[nH]cc2ncoc12. The van der Waals surface area contributed by atoms with Crippen molar-refractivity contribution in [2.75, 3.05) is 0 Å². The molecule has 0 aliphatic carbocycles. The molecule has 1 N–H and O–H groups in total. The Hall–Kier alpha value is -1.58. The Morgan fingerprint density at radius 1 is 1.54 bits per heavy atom. The number of aromatic nitrogens is 2. The second-order valence-electron chi connectivity index (χ2n) is 3.25. The highest BCUT2D eigenvalue weighted by atomic mass is 16.3. The first-order valence-corrected chi connectivity index (χ1v) is 4.15. The zero-order valence-electron chi connectivity index (χ0n) is 7.50. The molecule has 2 aromatic heterocycles. The standard InChI is InChI=1S/C9H10N2O2/c1-5(2)7-8-6(11-4-13-8)3-10-9(7)12/h3-5H,1-2H3,(H,10,12). The molecule has 0 fully saturated rings. The third kappa shape index (κ3) is 1.14. The van der Waals surface area contributed by atoms with E-state index in [0.717, 1.165) is 0 Å². The Kier molecular flexibility index (Phi) is 1.69. The fraction of sp³-hybridized carbons (Fsp3) is 0.333. The molecular formula is C9H10N2O2. The van der Waals surface area contributed by atoms with Crippen LogP contribution in [0.5, 0.6) is 0 Å². The lowest BCUT2D eigenvalue weighted by Gasteiger charge is -2.02. The smallest absolute Gasteiger partial charge is 0.255 e. The van der Waals surface area contributed by atoms with E-state index in [0.29, 0.717) is 16.7 Å². The lowest BCUT2D eigenvalue weighted by atomic mass is 10.0. The number of hydrogen-bond donors (Lipinski definition) is 1. The van der Waals surface area contributed by atoms with Gasteiger partial charge in [0.15, 0.2) is 12.0 Å². The Bertz CT molecular complexity index is 482. The molecule has 2 aromatic rings. The Morgan fingerprint density at radius 2 is 2.31 bits per heavy atom. The van der Waals surface area contributed by atoms with Gasteiger partial charge < -0.3 is 9.40 Å². The maximum atomic E-state index is 11.4. The molecule has 0 spiro atoms. The molecule has 0 aliphatic heterocycles. The quantitative estimate of drug-likeness (QED) is 0.722. The normalized spacial score (nSPS) is 11.3. The zero-order chi connectivity index (χ0) is 9.42. The summed E-state index contributed by atoms with van der Waals surface area (Å²) < 4.78 is 5.16. The number of nitrogens with zero attached hydrogens (tertiary/aromatic N) is 1. The van der Waals surface area contributed by atoms with Gasteiger partial charge in [-0.15, -0.1) is 0 Å². The molecule has 0 aromatic carbocycles. The zero-order valence-corrected chi connectivity index (χ0v) is 7.50. The topological polar surface area (TPSA) is 58.9 Å². The van der Waals surface area contributed by atoms with Crippen molar-refractivity contribution in [1.29, 1.82) is 0 Å². The van der Waals surface area contributed by atoms with Crippen LogP contribution in [0.25, 0.3) is 11.1 Å². The first-order chi connectivity index (χ1) is 6.20. The predicted molar refractivity (Wildman–Crippen MR) is 48.7 cm³/mol. The summed E-state index contributed by atoms with van der Waals surface area (Å²) in [6.07, 6.45) is 2.91. The molecule has 2 heterocycles. The summed E-state index contributed by atoms with van der Waals surface area (Å²) in [6.45, 7) is 3.90. The minimum atomic E-state index is -0.0979. The van der Waals surface area contributed by atoms with Crippen LogP contribution in [0.15, 0.2) is 21.8 Å². The lowest BCUT2D eigenvalue weighted by Crippen LogP contribution is -2.13. The number of aromatic amines is 1. The van der Waals surface area contributed by atoms with Gasteiger partial charge in [-0.2, -0.15) is 0 Å². The molecule has 2 rings (SSSR count). The van der Waals surface area contributed by atoms with E-state index in [-0.39, 0.29) is 11.5 Å². The van der Waals surface area contributed by atoms with Crippen molar-refractivity contribution in [1.82, 2.24) is 9.97 Å². The van der Waals surface area contributed by atoms with E-state index in [1.54, 1.807) is 6.20 Å². The van der Waals surface area contributed by atoms with Gasteiger partial charge in [0.2, 0.25) is 0 Å². The van der Waals surface area contributed by atoms with Crippen molar-refractivity contribution >= 4 is 11.1 Å². The molecule has 0 amide bonds. The summed E-state index contributed by atoms with van der Waals surface area (Å²) in [6, 6.07) is 0. The molecule has 0 saturated heterocycles. The summed E-state index contributed by atoms with van der Waals surface area (Å²) in [5.41, 5.74) is 1.86. The van der Waals surface area contributed by atoms with E-state index < -0.39 is 0 Å². The number of fused-ring (bicyclic) bond motifs is 1. The second kappa shape index (κ2) is 2.73. The number of oxazole rings is 1. The fourth-order valence-electron chi connectivity index (χ4n) is 1.40. The monoisotopic (exact) mass is 178 g/mol. The summed E-state index contributed by atoms with van der Waals surface area (Å²) >= 11 is 0. The molecule has 13 heavy (non-hydrogen) atoms. The second-order valence-corrected chi connectivity index (χ2v) is 3.25. The van der Waals surface area contributed by atoms with Crippen molar-refractivity contribution in [3.63, 3.8) is 0 Å². The predicted octanol–water partition coefficient (Wildman–Crippen LogP) is 1.64. The minimum Gasteiger partial charge on any atom is -0.443 e. The van der Waals surface area contributed by atoms with Crippen LogP contribution in [-0.2, 0) is 0 Å². The van der Waals surface area contributed by atoms with Gasteiger partial charge in [0.25, 0.3) is 5.56 Å². The maximum absolute atomic E-state index is 11.4. The molecule has 0 aliphatic rings. The summed E-state index contributed by atoms with van der Waals surface area (Å²) in [5, 5.41) is 0. The molecule has 0 atom stereocenters. The van der Waals surface area contributed by atoms with Crippen LogP contribution in [0, 0.1) is 0 Å². The van der Waals surface area contributed by atoms with Crippen LogP contribution in [0.2, 0.25) is 0 Å². The van der Waals surface area contributed by atoms with Crippen LogP contribution in [0.4, 0.5) is 0 Å². The van der Waals surface area contributed by atoms with E-state index in [1.165, 1.54) is 6.39 Å². The molecule has 4 heteroatoms. The van der Waals surface area contributed by atoms with Crippen LogP contribution < -0.4 is 5.56 Å². The number of pyridine rings is 1. The van der Waals surface area contributed by atoms with E-state index in [2.05, 4.69) is 9.97 Å². The van der Waals surface area contributed by atoms with E-state index in [1.807, 2.05) is 13.8 Å². The number of hydrogen-bond acceptors (Lipinski definition) is 3. The molecule has 68 valence electrons. The average Bonchev–Trinajstić information content (AvgIpc) is 2.50. The van der Waals surface area contributed by atoms with Crippen LogP contribution in [-0.4, -0.2) is 9.97 Å². The number of rotatable bonds is 1. The van der Waals surface area contributed by atoms with Gasteiger partial charge in [0.1, 0.15) is 5.52 Å². The largest absolute Gasteiger partial charge is 0.443 e. The van der Waals surface area contributed by atoms with Crippen LogP contribution >= 0.6 is 0 Å². The van der Waals surface area contributed by atoms with Crippen molar-refractivity contribution in [3.8, 4) is 0 Å². The third-order valence-corrected chi connectivity index (χ3v) is 2.00. The minimum absolute atomic E-state index is 0.0979.